The first-order valence-corrected chi connectivity index (χ1v) is 39.1. The number of aliphatic hydroxyl groups is 4. The third kappa shape index (κ3) is 33.2. The van der Waals surface area contributed by atoms with E-state index in [1.807, 2.05) is 53.4 Å². The maximum absolute atomic E-state index is 12.8. The summed E-state index contributed by atoms with van der Waals surface area (Å²) in [5.74, 6) is 0.987. The van der Waals surface area contributed by atoms with Crippen LogP contribution >= 0.6 is 11.6 Å². The van der Waals surface area contributed by atoms with Crippen molar-refractivity contribution in [2.24, 2.45) is 16.2 Å². The standard InChI is InChI=1S/C21H35N3O3.C19H31N3O3.C13H21NO3.C8H14N2O.C3H5ClO2.4C3H8O.Ti/c1-20(2,3)27-19(26)24-15-5-4-6-16(24)12-17(11-15)23-9-7-21(8-10-23)13-18(25)22-14-21;1-2-25-18(24)22-14-4-3-5-15(22)11-16(10-14)21-8-6-19(7-9-21)12-17(23)20-13-19;1-13(2,3)17-12(16)14-9-5-4-6-10(14)8-11(15)7-9;11-7-5-8(6-10-7)1-3-9-4-2-8;1-2-6-3(4)5;4*1-3(2)4;/h15-17H,4-14H2,1-3H3,(H,22,25);14-16H,2-13H2,1H3,(H,20,23);9-10H,4-8H2,1-3H3;9H,1-6H2,(H,10,11);2H2,1H3;4*3-4H,1-2H3;. The normalized spacial score (nSPS) is 27.1. The number of nitrogens with one attached hydrogen (secondary N) is 4. The van der Waals surface area contributed by atoms with Crippen molar-refractivity contribution in [2.75, 3.05) is 72.1 Å². The van der Waals surface area contributed by atoms with Crippen LogP contribution in [0.3, 0.4) is 0 Å². The Balaban J connectivity index is 0.000000332. The summed E-state index contributed by atoms with van der Waals surface area (Å²) in [7, 11) is 0. The van der Waals surface area contributed by atoms with Gasteiger partial charge in [0.25, 0.3) is 0 Å². The number of fused-ring (bicyclic) bond motifs is 6. The number of aliphatic hydroxyl groups excluding tert-OH is 4. The average molecular weight is 1520 g/mol. The van der Waals surface area contributed by atoms with Gasteiger partial charge in [-0.1, -0.05) is 0 Å². The van der Waals surface area contributed by atoms with E-state index >= 15 is 0 Å². The van der Waals surface area contributed by atoms with Gasteiger partial charge in [-0.25, -0.2) is 19.2 Å². The minimum atomic E-state index is -0.738. The SMILES string of the molecule is CC(C)(C)OC(=O)N1C2CCCC1CC(=O)C2.CC(C)(C)OC(=O)N1C2CCCC1CC(N1CCC3(CC1)CNC(=O)C3)C2.CC(C)O.CC(C)O.CC(C)O.CC(C)O.CCOC(=O)Cl.CCOC(=O)N1C2CCCC1CC(N1CCC3(CC1)CNC(=O)C3)C2.O=C1CC2(CCNCC2)CN1.[Ti]. The van der Waals surface area contributed by atoms with Gasteiger partial charge in [0.2, 0.25) is 17.7 Å². The predicted molar refractivity (Wildman–Crippen MR) is 396 cm³/mol. The van der Waals surface area contributed by atoms with E-state index in [0.29, 0.717) is 86.3 Å². The van der Waals surface area contributed by atoms with E-state index in [9.17, 15) is 38.4 Å². The topological polar surface area (TPSA) is 319 Å². The zero-order chi connectivity index (χ0) is 76.3. The van der Waals surface area contributed by atoms with Crippen molar-refractivity contribution >= 4 is 58.8 Å². The summed E-state index contributed by atoms with van der Waals surface area (Å²) in [5.41, 5.74) is -0.890. The molecule has 6 unspecified atom stereocenters. The summed E-state index contributed by atoms with van der Waals surface area (Å²) in [6.45, 7) is 38.8. The molecule has 12 heterocycles. The fourth-order valence-electron chi connectivity index (χ4n) is 16.3. The monoisotopic (exact) mass is 1520 g/mol. The first-order valence-electron chi connectivity index (χ1n) is 38.8. The number of amides is 6. The Labute approximate surface area is 637 Å². The van der Waals surface area contributed by atoms with Crippen LogP contribution in [-0.2, 0) is 59.8 Å². The number of hydrogen-bond donors (Lipinski definition) is 8. The largest absolute Gasteiger partial charge is 0.454 e. The van der Waals surface area contributed by atoms with Crippen molar-refractivity contribution in [2.45, 2.75) is 349 Å². The summed E-state index contributed by atoms with van der Waals surface area (Å²) in [5, 5.41) is 44.5. The second-order valence-electron chi connectivity index (χ2n) is 33.5. The number of hydrogen-bond acceptors (Lipinski definition) is 19. The minimum Gasteiger partial charge on any atom is -0.454 e. The van der Waals surface area contributed by atoms with Crippen LogP contribution in [-0.4, -0.2) is 248 Å². The molecule has 594 valence electrons. The second kappa shape index (κ2) is 44.5. The summed E-state index contributed by atoms with van der Waals surface area (Å²) < 4.78 is 20.6. The van der Waals surface area contributed by atoms with Crippen molar-refractivity contribution in [3.63, 3.8) is 0 Å². The number of rotatable bonds is 4. The molecule has 12 aliphatic rings. The fraction of sp³-hybridized carbons (Fsp3) is 0.895. The van der Waals surface area contributed by atoms with Gasteiger partial charge in [0, 0.05) is 158 Å². The predicted octanol–water partition coefficient (Wildman–Crippen LogP) is 10.4. The molecule has 0 aromatic carbocycles. The number of halogens is 1. The van der Waals surface area contributed by atoms with Crippen LogP contribution < -0.4 is 21.3 Å². The van der Waals surface area contributed by atoms with Crippen molar-refractivity contribution < 1.29 is 99.4 Å². The number of carbonyl (C=O) groups excluding carboxylic acids is 8. The quantitative estimate of drug-likeness (QED) is 0.0737. The Hall–Kier alpha value is -3.92. The van der Waals surface area contributed by atoms with Crippen LogP contribution in [0.1, 0.15) is 265 Å². The van der Waals surface area contributed by atoms with Gasteiger partial charge >= 0.3 is 23.7 Å². The molecule has 0 aromatic heterocycles. The third-order valence-corrected chi connectivity index (χ3v) is 20.7. The van der Waals surface area contributed by atoms with E-state index < -0.39 is 16.6 Å². The van der Waals surface area contributed by atoms with Crippen molar-refractivity contribution in [1.29, 1.82) is 0 Å². The Kier molecular flexibility index (Phi) is 40.3. The average Bonchev–Trinajstić information content (AvgIpc) is 1.64. The van der Waals surface area contributed by atoms with Gasteiger partial charge in [0.15, 0.2) is 0 Å². The molecular formula is C76H138ClN9O16Ti. The minimum absolute atomic E-state index is 0. The molecule has 6 atom stereocenters. The van der Waals surface area contributed by atoms with Crippen LogP contribution in [0.5, 0.6) is 0 Å². The van der Waals surface area contributed by atoms with E-state index in [2.05, 4.69) is 45.6 Å². The van der Waals surface area contributed by atoms with Crippen molar-refractivity contribution in [3.05, 3.63) is 0 Å². The van der Waals surface area contributed by atoms with Crippen LogP contribution in [0.25, 0.3) is 0 Å². The van der Waals surface area contributed by atoms with Crippen molar-refractivity contribution in [1.82, 2.24) is 45.8 Å². The van der Waals surface area contributed by atoms with E-state index in [4.69, 9.17) is 46.2 Å². The first-order chi connectivity index (χ1) is 47.7. The fourth-order valence-corrected chi connectivity index (χ4v) is 16.4. The number of Topliss-reactive ketones (excluding diaryl/α,β-unsaturated/α-hetero) is 1. The van der Waals surface area contributed by atoms with Gasteiger partial charge in [-0.15, -0.1) is 0 Å². The number of likely N-dealkylation sites (tertiary alicyclic amines) is 2. The molecule has 12 saturated heterocycles. The zero-order valence-corrected chi connectivity index (χ0v) is 68.3. The second-order valence-corrected chi connectivity index (χ2v) is 33.8. The Morgan fingerprint density at radius 3 is 0.981 bits per heavy atom. The Morgan fingerprint density at radius 1 is 0.456 bits per heavy atom. The number of ether oxygens (including phenoxy) is 4. The van der Waals surface area contributed by atoms with Gasteiger partial charge in [-0.2, -0.15) is 0 Å². The molecule has 12 aliphatic heterocycles. The molecule has 0 radical (unpaired) electrons. The molecule has 12 fully saturated rings. The van der Waals surface area contributed by atoms with E-state index in [1.54, 1.807) is 62.3 Å². The molecule has 6 amide bonds. The molecule has 3 spiro atoms. The first kappa shape index (κ1) is 93.3. The van der Waals surface area contributed by atoms with Crippen molar-refractivity contribution in [3.8, 4) is 0 Å². The summed E-state index contributed by atoms with van der Waals surface area (Å²) in [4.78, 5) is 104. The van der Waals surface area contributed by atoms with Gasteiger partial charge in [-0.05, 0) is 288 Å². The van der Waals surface area contributed by atoms with Crippen LogP contribution in [0, 0.1) is 16.2 Å². The molecule has 6 bridgehead atoms. The molecule has 12 rings (SSSR count). The van der Waals surface area contributed by atoms with Crippen LogP contribution in [0.2, 0.25) is 0 Å². The van der Waals surface area contributed by atoms with Crippen LogP contribution in [0.4, 0.5) is 19.2 Å². The Morgan fingerprint density at radius 2 is 0.728 bits per heavy atom. The molecule has 0 saturated carbocycles. The smallest absolute Gasteiger partial charge is 0.410 e. The molecular weight excluding hydrogens is 1380 g/mol. The van der Waals surface area contributed by atoms with Crippen LogP contribution in [0.15, 0.2) is 0 Å². The molecule has 25 nitrogen and oxygen atoms in total. The maximum Gasteiger partial charge on any atom is 0.410 e. The molecule has 103 heavy (non-hydrogen) atoms. The Bertz CT molecular complexity index is 2510. The van der Waals surface area contributed by atoms with E-state index in [1.165, 1.54) is 12.8 Å². The van der Waals surface area contributed by atoms with E-state index in [0.717, 1.165) is 174 Å². The maximum atomic E-state index is 12.8. The van der Waals surface area contributed by atoms with Gasteiger partial charge in [0.1, 0.15) is 17.0 Å². The summed E-state index contributed by atoms with van der Waals surface area (Å²) >= 11 is 4.72. The number of nitrogens with zero attached hydrogens (tertiary/aromatic N) is 5. The van der Waals surface area contributed by atoms with Gasteiger partial charge < -0.3 is 85.1 Å². The number of ketones is 1. The molecule has 0 aromatic rings. The molecule has 0 aliphatic carbocycles. The zero-order valence-electron chi connectivity index (χ0n) is 66.0. The third-order valence-electron chi connectivity index (χ3n) is 20.6. The number of piperidine rings is 9. The molecule has 27 heteroatoms. The van der Waals surface area contributed by atoms with Gasteiger partial charge in [0.05, 0.1) is 13.2 Å². The molecule has 8 N–H and O–H groups in total. The van der Waals surface area contributed by atoms with Gasteiger partial charge in [-0.3, -0.25) is 19.2 Å². The summed E-state index contributed by atoms with van der Waals surface area (Å²) in [6, 6.07) is 2.65. The van der Waals surface area contributed by atoms with E-state index in [-0.39, 0.29) is 105 Å². The summed E-state index contributed by atoms with van der Waals surface area (Å²) in [6.07, 6.45) is 23.0. The number of carbonyl (C=O) groups is 8.